The molecule has 4 nitrogen and oxygen atoms in total. The Labute approximate surface area is 91.6 Å². The van der Waals surface area contributed by atoms with Crippen LogP contribution in [0.1, 0.15) is 0 Å². The summed E-state index contributed by atoms with van der Waals surface area (Å²) in [5, 5.41) is 0. The zero-order chi connectivity index (χ0) is 5.66. The molecule has 0 unspecified atom stereocenters. The third-order valence-electron chi connectivity index (χ3n) is 0.667. The van der Waals surface area contributed by atoms with Gasteiger partial charge < -0.3 is 0 Å². The normalized spacial score (nSPS) is 36.0. The van der Waals surface area contributed by atoms with E-state index >= 15 is 0 Å². The van der Waals surface area contributed by atoms with E-state index in [1.165, 1.54) is 0 Å². The molecular formula is H8O4Sn4. The molecule has 1 aliphatic heterocycles. The molecule has 1 aliphatic rings. The van der Waals surface area contributed by atoms with Gasteiger partial charge in [0.1, 0.15) is 0 Å². The van der Waals surface area contributed by atoms with Gasteiger partial charge in [0.2, 0.25) is 0 Å². The molecule has 0 aromatic heterocycles. The molecule has 48 valence electrons. The van der Waals surface area contributed by atoms with Gasteiger partial charge in [0.15, 0.2) is 0 Å². The monoisotopic (exact) mass is 552 g/mol. The first-order valence-electron chi connectivity index (χ1n) is 2.31. The van der Waals surface area contributed by atoms with Crippen molar-refractivity contribution in [2.24, 2.45) is 0 Å². The summed E-state index contributed by atoms with van der Waals surface area (Å²) in [4.78, 5) is 0. The van der Waals surface area contributed by atoms with E-state index in [-0.39, 0.29) is 0 Å². The molecule has 0 bridgehead atoms. The summed E-state index contributed by atoms with van der Waals surface area (Å²) in [7, 11) is 0. The second-order valence-electron chi connectivity index (χ2n) is 1.29. The minimum atomic E-state index is -1.11. The van der Waals surface area contributed by atoms with Gasteiger partial charge >= 0.3 is 93.5 Å². The van der Waals surface area contributed by atoms with Crippen molar-refractivity contribution in [2.75, 3.05) is 0 Å². The van der Waals surface area contributed by atoms with Crippen molar-refractivity contribution < 1.29 is 5.65 Å². The first kappa shape index (κ1) is 9.13. The van der Waals surface area contributed by atoms with Gasteiger partial charge in [-0.1, -0.05) is 0 Å². The maximum absolute atomic E-state index is 5.28. The summed E-state index contributed by atoms with van der Waals surface area (Å²) >= 11 is -4.46. The summed E-state index contributed by atoms with van der Waals surface area (Å²) in [6.07, 6.45) is 0. The Bertz CT molecular complexity index is 32.0. The molecule has 0 N–H and O–H groups in total. The van der Waals surface area contributed by atoms with E-state index in [2.05, 4.69) is 0 Å². The molecule has 0 saturated carbocycles. The van der Waals surface area contributed by atoms with Gasteiger partial charge in [-0.15, -0.1) is 0 Å². The van der Waals surface area contributed by atoms with Crippen molar-refractivity contribution >= 4 is 87.9 Å². The number of rotatable bonds is 0. The molecule has 0 aromatic rings. The first-order chi connectivity index (χ1) is 4.00. The molecule has 0 spiro atoms. The van der Waals surface area contributed by atoms with Crippen LogP contribution in [0, 0.1) is 0 Å². The average Bonchev–Trinajstić information content (AvgIpc) is 1.62. The Morgan fingerprint density at radius 2 is 0.750 bits per heavy atom. The molecule has 0 aliphatic carbocycles. The fraction of sp³-hybridized carbons (Fsp3) is 0. The Morgan fingerprint density at radius 1 is 0.500 bits per heavy atom. The van der Waals surface area contributed by atoms with E-state index in [1.54, 1.807) is 0 Å². The van der Waals surface area contributed by atoms with Crippen molar-refractivity contribution in [2.45, 2.75) is 0 Å². The van der Waals surface area contributed by atoms with Crippen LogP contribution in [-0.2, 0) is 5.65 Å². The van der Waals surface area contributed by atoms with Crippen LogP contribution in [0.25, 0.3) is 0 Å². The summed E-state index contributed by atoms with van der Waals surface area (Å²) in [6.45, 7) is 0. The van der Waals surface area contributed by atoms with Gasteiger partial charge in [-0.05, 0) is 0 Å². The second-order valence-corrected chi connectivity index (χ2v) is 39.9. The molecule has 1 rings (SSSR count). The predicted octanol–water partition coefficient (Wildman–Crippen LogP) is -3.94. The minimum absolute atomic E-state index is 1.11. The Hall–Kier alpha value is 3.03. The fourth-order valence-electron chi connectivity index (χ4n) is 0.372. The third-order valence-corrected chi connectivity index (χ3v) is 30.0. The SMILES string of the molecule is [O]1[SnH2][O][SnH2][O][SnH2][O][SnH2]1. The summed E-state index contributed by atoms with van der Waals surface area (Å²) in [5.74, 6) is 0. The summed E-state index contributed by atoms with van der Waals surface area (Å²) in [5.41, 5.74) is 0. The summed E-state index contributed by atoms with van der Waals surface area (Å²) in [6, 6.07) is 0. The van der Waals surface area contributed by atoms with Gasteiger partial charge in [0.25, 0.3) is 0 Å². The molecule has 8 heteroatoms. The molecule has 8 heavy (non-hydrogen) atoms. The van der Waals surface area contributed by atoms with Crippen LogP contribution >= 0.6 is 0 Å². The van der Waals surface area contributed by atoms with Gasteiger partial charge in [0.05, 0.1) is 0 Å². The van der Waals surface area contributed by atoms with Gasteiger partial charge in [-0.3, -0.25) is 0 Å². The zero-order valence-electron chi connectivity index (χ0n) is 4.46. The number of hydrogen-bond acceptors (Lipinski definition) is 4. The van der Waals surface area contributed by atoms with Crippen LogP contribution in [0.15, 0.2) is 0 Å². The Kier molecular flexibility index (Phi) is 7.67. The average molecular weight is 547 g/mol. The molecule has 1 fully saturated rings. The van der Waals surface area contributed by atoms with Crippen LogP contribution in [0.3, 0.4) is 0 Å². The Morgan fingerprint density at radius 3 is 1.00 bits per heavy atom. The van der Waals surface area contributed by atoms with E-state index in [4.69, 9.17) is 5.65 Å². The van der Waals surface area contributed by atoms with Crippen molar-refractivity contribution in [3.8, 4) is 0 Å². The molecule has 1 saturated heterocycles. The van der Waals surface area contributed by atoms with Crippen LogP contribution < -0.4 is 0 Å². The third kappa shape index (κ3) is 4.79. The van der Waals surface area contributed by atoms with Crippen molar-refractivity contribution in [3.63, 3.8) is 0 Å². The van der Waals surface area contributed by atoms with E-state index < -0.39 is 87.9 Å². The van der Waals surface area contributed by atoms with Gasteiger partial charge in [-0.25, -0.2) is 0 Å². The maximum atomic E-state index is 5.28. The van der Waals surface area contributed by atoms with E-state index in [1.807, 2.05) is 0 Å². The van der Waals surface area contributed by atoms with Gasteiger partial charge in [-0.2, -0.15) is 0 Å². The molecule has 0 aromatic carbocycles. The second kappa shape index (κ2) is 6.73. The molecular weight excluding hydrogens is 539 g/mol. The van der Waals surface area contributed by atoms with E-state index in [0.717, 1.165) is 0 Å². The summed E-state index contributed by atoms with van der Waals surface area (Å²) < 4.78 is 21.1. The molecule has 1 heterocycles. The molecule has 0 amide bonds. The van der Waals surface area contributed by atoms with Crippen molar-refractivity contribution in [1.29, 1.82) is 0 Å². The number of hydrogen-bond donors (Lipinski definition) is 0. The van der Waals surface area contributed by atoms with Crippen LogP contribution in [0.4, 0.5) is 0 Å². The van der Waals surface area contributed by atoms with Gasteiger partial charge in [0, 0.05) is 0 Å². The quantitative estimate of drug-likeness (QED) is 0.291. The topological polar surface area (TPSA) is 36.9 Å². The van der Waals surface area contributed by atoms with E-state index in [9.17, 15) is 0 Å². The van der Waals surface area contributed by atoms with Crippen molar-refractivity contribution in [3.05, 3.63) is 0 Å². The Balaban J connectivity index is 2.00. The van der Waals surface area contributed by atoms with Crippen LogP contribution in [-0.4, -0.2) is 87.9 Å². The standard InChI is InChI=1S/4O.4Sn.8H. The molecule has 0 atom stereocenters. The fourth-order valence-corrected chi connectivity index (χ4v) is 77.3. The van der Waals surface area contributed by atoms with E-state index in [0.29, 0.717) is 0 Å². The molecule has 0 radical (unpaired) electrons. The van der Waals surface area contributed by atoms with Crippen LogP contribution in [0.5, 0.6) is 0 Å². The zero-order valence-corrected chi connectivity index (χ0v) is 20.6. The first-order valence-corrected chi connectivity index (χ1v) is 15.5. The van der Waals surface area contributed by atoms with Crippen LogP contribution in [0.2, 0.25) is 0 Å². The van der Waals surface area contributed by atoms with Crippen molar-refractivity contribution in [1.82, 2.24) is 0 Å². The predicted molar refractivity (Wildman–Crippen MR) is 38.5 cm³/mol.